The minimum atomic E-state index is -0.138. The summed E-state index contributed by atoms with van der Waals surface area (Å²) in [5.41, 5.74) is 3.40. The molecule has 0 saturated carbocycles. The Hall–Kier alpha value is -3.26. The lowest BCUT2D eigenvalue weighted by Crippen LogP contribution is -2.24. The maximum absolute atomic E-state index is 12.1. The van der Waals surface area contributed by atoms with Crippen molar-refractivity contribution in [3.05, 3.63) is 58.9 Å². The minimum Gasteiger partial charge on any atom is -0.347 e. The van der Waals surface area contributed by atoms with Gasteiger partial charge in [0.1, 0.15) is 5.52 Å². The van der Waals surface area contributed by atoms with Crippen LogP contribution in [0, 0.1) is 0 Å². The number of carbonyl (C=O) groups excluding carboxylic acids is 1. The number of rotatable bonds is 7. The molecule has 0 spiro atoms. The van der Waals surface area contributed by atoms with E-state index in [0.717, 1.165) is 35.1 Å². The highest BCUT2D eigenvalue weighted by atomic mass is 35.5. The van der Waals surface area contributed by atoms with E-state index in [-0.39, 0.29) is 18.9 Å². The molecule has 0 atom stereocenters. The Bertz CT molecular complexity index is 1140. The lowest BCUT2D eigenvalue weighted by Gasteiger charge is -2.02. The summed E-state index contributed by atoms with van der Waals surface area (Å²) in [7, 11) is 0. The van der Waals surface area contributed by atoms with Gasteiger partial charge in [0.15, 0.2) is 0 Å². The van der Waals surface area contributed by atoms with E-state index in [0.29, 0.717) is 16.7 Å². The van der Waals surface area contributed by atoms with Crippen LogP contribution in [-0.4, -0.2) is 31.0 Å². The number of aromatic nitrogens is 5. The van der Waals surface area contributed by atoms with Gasteiger partial charge in [-0.1, -0.05) is 41.0 Å². The number of halogens is 1. The number of hydrogen-bond acceptors (Lipinski definition) is 6. The van der Waals surface area contributed by atoms with E-state index < -0.39 is 0 Å². The summed E-state index contributed by atoms with van der Waals surface area (Å²) in [6, 6.07) is 12.9. The SMILES string of the molecule is CCCn1nnc2cc(-c3noc(CNC(=O)Cc4ccc(Cl)cc4)n3)ccc21. The van der Waals surface area contributed by atoms with Crippen molar-refractivity contribution >= 4 is 28.5 Å². The van der Waals surface area contributed by atoms with Crippen LogP contribution in [0.5, 0.6) is 0 Å². The molecule has 0 aliphatic heterocycles. The third-order valence-electron chi connectivity index (χ3n) is 4.39. The first-order chi connectivity index (χ1) is 14.1. The van der Waals surface area contributed by atoms with Crippen LogP contribution in [0.25, 0.3) is 22.4 Å². The Morgan fingerprint density at radius 3 is 2.83 bits per heavy atom. The van der Waals surface area contributed by atoms with Crippen LogP contribution in [-0.2, 0) is 24.3 Å². The van der Waals surface area contributed by atoms with Gasteiger partial charge in [-0.2, -0.15) is 4.98 Å². The second-order valence-electron chi connectivity index (χ2n) is 6.61. The van der Waals surface area contributed by atoms with Gasteiger partial charge in [0.25, 0.3) is 0 Å². The van der Waals surface area contributed by atoms with Crippen molar-refractivity contribution in [1.29, 1.82) is 0 Å². The third kappa shape index (κ3) is 4.43. The second-order valence-corrected chi connectivity index (χ2v) is 7.04. The summed E-state index contributed by atoms with van der Waals surface area (Å²) in [5, 5.41) is 15.8. The van der Waals surface area contributed by atoms with E-state index in [1.807, 2.05) is 35.0 Å². The fourth-order valence-electron chi connectivity index (χ4n) is 2.96. The van der Waals surface area contributed by atoms with E-state index in [1.165, 1.54) is 0 Å². The Morgan fingerprint density at radius 2 is 2.03 bits per heavy atom. The van der Waals surface area contributed by atoms with Gasteiger partial charge in [-0.3, -0.25) is 4.79 Å². The van der Waals surface area contributed by atoms with E-state index >= 15 is 0 Å². The van der Waals surface area contributed by atoms with Crippen molar-refractivity contribution in [2.45, 2.75) is 32.9 Å². The first kappa shape index (κ1) is 19.1. The molecule has 29 heavy (non-hydrogen) atoms. The molecule has 0 aliphatic rings. The summed E-state index contributed by atoms with van der Waals surface area (Å²) in [4.78, 5) is 16.5. The number of nitrogens with zero attached hydrogens (tertiary/aromatic N) is 5. The molecule has 0 fully saturated rings. The van der Waals surface area contributed by atoms with Crippen molar-refractivity contribution in [3.63, 3.8) is 0 Å². The van der Waals surface area contributed by atoms with Gasteiger partial charge in [-0.15, -0.1) is 5.10 Å². The molecular weight excluding hydrogens is 392 g/mol. The van der Waals surface area contributed by atoms with Gasteiger partial charge < -0.3 is 9.84 Å². The van der Waals surface area contributed by atoms with E-state index in [2.05, 4.69) is 32.7 Å². The number of fused-ring (bicyclic) bond motifs is 1. The Balaban J connectivity index is 1.39. The Kier molecular flexibility index (Phi) is 5.53. The molecule has 0 radical (unpaired) electrons. The number of benzene rings is 2. The Labute approximate surface area is 171 Å². The molecule has 8 nitrogen and oxygen atoms in total. The lowest BCUT2D eigenvalue weighted by molar-refractivity contribution is -0.120. The molecular formula is C20H19ClN6O2. The van der Waals surface area contributed by atoms with Gasteiger partial charge >= 0.3 is 0 Å². The van der Waals surface area contributed by atoms with Crippen LogP contribution < -0.4 is 5.32 Å². The average molecular weight is 411 g/mol. The number of carbonyl (C=O) groups is 1. The van der Waals surface area contributed by atoms with Crippen LogP contribution >= 0.6 is 11.6 Å². The van der Waals surface area contributed by atoms with Crippen LogP contribution in [0.2, 0.25) is 5.02 Å². The molecule has 2 aromatic carbocycles. The highest BCUT2D eigenvalue weighted by Crippen LogP contribution is 2.21. The maximum Gasteiger partial charge on any atom is 0.246 e. The molecule has 2 heterocycles. The quantitative estimate of drug-likeness (QED) is 0.501. The molecule has 0 saturated heterocycles. The smallest absolute Gasteiger partial charge is 0.246 e. The first-order valence-electron chi connectivity index (χ1n) is 9.29. The topological polar surface area (TPSA) is 98.7 Å². The fourth-order valence-corrected chi connectivity index (χ4v) is 3.08. The maximum atomic E-state index is 12.1. The second kappa shape index (κ2) is 8.40. The summed E-state index contributed by atoms with van der Waals surface area (Å²) in [5.74, 6) is 0.638. The first-order valence-corrected chi connectivity index (χ1v) is 9.67. The molecule has 148 valence electrons. The van der Waals surface area contributed by atoms with Crippen molar-refractivity contribution in [2.24, 2.45) is 0 Å². The van der Waals surface area contributed by atoms with Crippen molar-refractivity contribution < 1.29 is 9.32 Å². The molecule has 1 amide bonds. The van der Waals surface area contributed by atoms with Crippen molar-refractivity contribution in [2.75, 3.05) is 0 Å². The Morgan fingerprint density at radius 1 is 1.21 bits per heavy atom. The highest BCUT2D eigenvalue weighted by molar-refractivity contribution is 6.30. The fraction of sp³-hybridized carbons (Fsp3) is 0.250. The highest BCUT2D eigenvalue weighted by Gasteiger charge is 2.12. The van der Waals surface area contributed by atoms with Gasteiger partial charge in [0.05, 0.1) is 18.5 Å². The van der Waals surface area contributed by atoms with Crippen molar-refractivity contribution in [3.8, 4) is 11.4 Å². The van der Waals surface area contributed by atoms with Gasteiger partial charge in [0.2, 0.25) is 17.6 Å². The number of hydrogen-bond donors (Lipinski definition) is 1. The minimum absolute atomic E-state index is 0.138. The van der Waals surface area contributed by atoms with Gasteiger partial charge in [-0.05, 0) is 42.3 Å². The molecule has 4 aromatic rings. The van der Waals surface area contributed by atoms with Gasteiger partial charge in [-0.25, -0.2) is 4.68 Å². The molecule has 0 unspecified atom stereocenters. The number of aryl methyl sites for hydroxylation is 1. The standard InChI is InChI=1S/C20H19ClN6O2/c1-2-9-27-17-8-5-14(11-16(17)24-26-27)20-23-19(29-25-20)12-22-18(28)10-13-3-6-15(21)7-4-13/h3-8,11H,2,9-10,12H2,1H3,(H,22,28). The largest absolute Gasteiger partial charge is 0.347 e. The number of amides is 1. The van der Waals surface area contributed by atoms with Gasteiger partial charge in [0, 0.05) is 17.1 Å². The normalized spacial score (nSPS) is 11.1. The molecule has 4 rings (SSSR count). The lowest BCUT2D eigenvalue weighted by atomic mass is 10.1. The van der Waals surface area contributed by atoms with E-state index in [1.54, 1.807) is 12.1 Å². The van der Waals surface area contributed by atoms with Crippen molar-refractivity contribution in [1.82, 2.24) is 30.5 Å². The zero-order chi connectivity index (χ0) is 20.2. The van der Waals surface area contributed by atoms with Crippen LogP contribution in [0.15, 0.2) is 47.0 Å². The summed E-state index contributed by atoms with van der Waals surface area (Å²) >= 11 is 5.85. The zero-order valence-electron chi connectivity index (χ0n) is 15.8. The third-order valence-corrected chi connectivity index (χ3v) is 4.64. The molecule has 0 bridgehead atoms. The number of nitrogens with one attached hydrogen (secondary N) is 1. The van der Waals surface area contributed by atoms with Crippen LogP contribution in [0.4, 0.5) is 0 Å². The zero-order valence-corrected chi connectivity index (χ0v) is 16.6. The monoisotopic (exact) mass is 410 g/mol. The van der Waals surface area contributed by atoms with Crippen LogP contribution in [0.3, 0.4) is 0 Å². The molecule has 0 aliphatic carbocycles. The molecule has 1 N–H and O–H groups in total. The average Bonchev–Trinajstić information content (AvgIpc) is 3.35. The van der Waals surface area contributed by atoms with Crippen LogP contribution in [0.1, 0.15) is 24.8 Å². The van der Waals surface area contributed by atoms with E-state index in [9.17, 15) is 4.79 Å². The summed E-state index contributed by atoms with van der Waals surface area (Å²) < 4.78 is 7.13. The summed E-state index contributed by atoms with van der Waals surface area (Å²) in [6.45, 7) is 3.07. The predicted octanol–water partition coefficient (Wildman–Crippen LogP) is 3.40. The summed E-state index contributed by atoms with van der Waals surface area (Å²) in [6.07, 6.45) is 1.24. The molecule has 2 aromatic heterocycles. The van der Waals surface area contributed by atoms with E-state index in [4.69, 9.17) is 16.1 Å². The molecule has 9 heteroatoms. The predicted molar refractivity (Wildman–Crippen MR) is 108 cm³/mol.